The first-order chi connectivity index (χ1) is 18.8. The van der Waals surface area contributed by atoms with E-state index in [1.54, 1.807) is 11.1 Å². The van der Waals surface area contributed by atoms with Crippen LogP contribution in [-0.4, -0.2) is 6.71 Å². The Morgan fingerprint density at radius 1 is 0.564 bits per heavy atom. The smallest absolute Gasteiger partial charge is 0.0774 e. The van der Waals surface area contributed by atoms with Gasteiger partial charge in [-0.15, -0.1) is 0 Å². The van der Waals surface area contributed by atoms with Gasteiger partial charge in [-0.05, 0) is 62.8 Å². The lowest BCUT2D eigenvalue weighted by atomic mass is 9.40. The van der Waals surface area contributed by atoms with Crippen molar-refractivity contribution < 1.29 is 0 Å². The Morgan fingerprint density at radius 2 is 1.08 bits per heavy atom. The van der Waals surface area contributed by atoms with E-state index < -0.39 is 0 Å². The van der Waals surface area contributed by atoms with Crippen LogP contribution in [0.4, 0.5) is 0 Å². The zero-order chi connectivity index (χ0) is 28.0. The Labute approximate surface area is 241 Å². The van der Waals surface area contributed by atoms with Crippen molar-refractivity contribution in [1.29, 1.82) is 0 Å². The lowest BCUT2D eigenvalue weighted by molar-refractivity contribution is 0.399. The van der Waals surface area contributed by atoms with Crippen molar-refractivity contribution in [2.75, 3.05) is 0 Å². The summed E-state index contributed by atoms with van der Waals surface area (Å²) in [6.07, 6.45) is 16.1. The SMILES string of the molecule is CCCCCCCC1(CCCCCCC)c2cc(C)ccc2-c2ccc(B(C)c3c(C)cc(C)cc3C)cc21. The van der Waals surface area contributed by atoms with Crippen molar-refractivity contribution in [2.24, 2.45) is 0 Å². The first-order valence-electron chi connectivity index (χ1n) is 16.2. The number of benzene rings is 3. The number of aryl methyl sites for hydroxylation is 4. The van der Waals surface area contributed by atoms with Gasteiger partial charge < -0.3 is 0 Å². The van der Waals surface area contributed by atoms with Gasteiger partial charge in [-0.1, -0.05) is 167 Å². The van der Waals surface area contributed by atoms with Crippen LogP contribution in [0.25, 0.3) is 11.1 Å². The first kappa shape index (κ1) is 29.7. The van der Waals surface area contributed by atoms with Gasteiger partial charge in [-0.3, -0.25) is 0 Å². The summed E-state index contributed by atoms with van der Waals surface area (Å²) in [7, 11) is 0. The molecule has 0 amide bonds. The lowest BCUT2D eigenvalue weighted by Crippen LogP contribution is -2.43. The van der Waals surface area contributed by atoms with Crippen LogP contribution in [0.1, 0.15) is 124 Å². The second-order valence-corrected chi connectivity index (χ2v) is 12.8. The molecule has 0 aromatic heterocycles. The molecule has 3 aromatic carbocycles. The monoisotopic (exact) mass is 520 g/mol. The quantitative estimate of drug-likeness (QED) is 0.147. The van der Waals surface area contributed by atoms with Crippen LogP contribution in [-0.2, 0) is 5.41 Å². The van der Waals surface area contributed by atoms with Gasteiger partial charge in [0.1, 0.15) is 0 Å². The van der Waals surface area contributed by atoms with Gasteiger partial charge in [-0.2, -0.15) is 0 Å². The number of fused-ring (bicyclic) bond motifs is 3. The Morgan fingerprint density at radius 3 is 1.64 bits per heavy atom. The largest absolute Gasteiger partial charge is 0.206 e. The minimum Gasteiger partial charge on any atom is -0.0774 e. The first-order valence-corrected chi connectivity index (χ1v) is 16.2. The van der Waals surface area contributed by atoms with E-state index in [-0.39, 0.29) is 5.41 Å². The van der Waals surface area contributed by atoms with E-state index in [2.05, 4.69) is 96.9 Å². The van der Waals surface area contributed by atoms with E-state index in [4.69, 9.17) is 0 Å². The third-order valence-corrected chi connectivity index (χ3v) is 9.63. The zero-order valence-corrected chi connectivity index (χ0v) is 26.2. The van der Waals surface area contributed by atoms with Gasteiger partial charge in [0.25, 0.3) is 0 Å². The Kier molecular flexibility index (Phi) is 10.2. The summed E-state index contributed by atoms with van der Waals surface area (Å²) in [5, 5.41) is 0. The average molecular weight is 521 g/mol. The van der Waals surface area contributed by atoms with Crippen LogP contribution < -0.4 is 10.9 Å². The third kappa shape index (κ3) is 6.39. The van der Waals surface area contributed by atoms with Crippen LogP contribution in [0.2, 0.25) is 6.82 Å². The molecule has 0 radical (unpaired) electrons. The molecular weight excluding hydrogens is 467 g/mol. The molecule has 1 aliphatic rings. The maximum absolute atomic E-state index is 2.64. The molecular formula is C38H53B. The van der Waals surface area contributed by atoms with E-state index in [9.17, 15) is 0 Å². The molecule has 4 rings (SSSR count). The minimum atomic E-state index is 0.155. The van der Waals surface area contributed by atoms with Crippen molar-refractivity contribution in [3.8, 4) is 11.1 Å². The predicted octanol–water partition coefficient (Wildman–Crippen LogP) is 10.1. The van der Waals surface area contributed by atoms with Crippen molar-refractivity contribution >= 4 is 17.6 Å². The molecule has 0 bridgehead atoms. The van der Waals surface area contributed by atoms with Crippen LogP contribution in [0.5, 0.6) is 0 Å². The van der Waals surface area contributed by atoms with Crippen molar-refractivity contribution in [2.45, 2.75) is 131 Å². The fraction of sp³-hybridized carbons (Fsp3) is 0.526. The number of hydrogen-bond donors (Lipinski definition) is 0. The van der Waals surface area contributed by atoms with Crippen LogP contribution in [0.15, 0.2) is 48.5 Å². The lowest BCUT2D eigenvalue weighted by Gasteiger charge is -2.33. The molecule has 208 valence electrons. The molecule has 39 heavy (non-hydrogen) atoms. The Hall–Kier alpha value is -2.28. The van der Waals surface area contributed by atoms with Crippen LogP contribution in [0.3, 0.4) is 0 Å². The van der Waals surface area contributed by atoms with Crippen molar-refractivity contribution in [1.82, 2.24) is 0 Å². The van der Waals surface area contributed by atoms with E-state index in [0.29, 0.717) is 6.71 Å². The number of unbranched alkanes of at least 4 members (excludes halogenated alkanes) is 8. The maximum atomic E-state index is 2.64. The molecule has 0 saturated heterocycles. The van der Waals surface area contributed by atoms with Crippen LogP contribution in [0, 0.1) is 27.7 Å². The topological polar surface area (TPSA) is 0 Å². The van der Waals surface area contributed by atoms with Crippen molar-refractivity contribution in [3.63, 3.8) is 0 Å². The predicted molar refractivity (Wildman–Crippen MR) is 176 cm³/mol. The molecule has 1 aliphatic carbocycles. The van der Waals surface area contributed by atoms with E-state index in [0.717, 1.165) is 0 Å². The zero-order valence-electron chi connectivity index (χ0n) is 26.2. The number of rotatable bonds is 14. The third-order valence-electron chi connectivity index (χ3n) is 9.63. The summed E-state index contributed by atoms with van der Waals surface area (Å²) in [6.45, 7) is 16.6. The molecule has 0 saturated carbocycles. The summed E-state index contributed by atoms with van der Waals surface area (Å²) >= 11 is 0. The van der Waals surface area contributed by atoms with Crippen LogP contribution >= 0.6 is 0 Å². The molecule has 1 heteroatoms. The fourth-order valence-electron chi connectivity index (χ4n) is 7.66. The molecule has 0 spiro atoms. The highest BCUT2D eigenvalue weighted by Crippen LogP contribution is 2.54. The summed E-state index contributed by atoms with van der Waals surface area (Å²) in [6, 6.07) is 19.6. The highest BCUT2D eigenvalue weighted by molar-refractivity contribution is 6.84. The molecule has 0 heterocycles. The second-order valence-electron chi connectivity index (χ2n) is 12.8. The summed E-state index contributed by atoms with van der Waals surface area (Å²) in [5.41, 5.74) is 15.0. The molecule has 3 aromatic rings. The number of hydrogen-bond acceptors (Lipinski definition) is 0. The van der Waals surface area contributed by atoms with Gasteiger partial charge in [0.05, 0.1) is 0 Å². The molecule has 0 N–H and O–H groups in total. The minimum absolute atomic E-state index is 0.155. The maximum Gasteiger partial charge on any atom is 0.206 e. The average Bonchev–Trinajstić information content (AvgIpc) is 3.16. The summed E-state index contributed by atoms with van der Waals surface area (Å²) in [5.74, 6) is 0. The molecule has 0 nitrogen and oxygen atoms in total. The summed E-state index contributed by atoms with van der Waals surface area (Å²) in [4.78, 5) is 0. The normalized spacial score (nSPS) is 13.4. The van der Waals surface area contributed by atoms with E-state index in [1.807, 2.05) is 0 Å². The Bertz CT molecular complexity index is 1210. The van der Waals surface area contributed by atoms with Gasteiger partial charge in [0.2, 0.25) is 6.71 Å². The molecule has 0 atom stereocenters. The molecule has 0 unspecified atom stereocenters. The second kappa shape index (κ2) is 13.4. The van der Waals surface area contributed by atoms with E-state index in [1.165, 1.54) is 121 Å². The fourth-order valence-corrected chi connectivity index (χ4v) is 7.66. The van der Waals surface area contributed by atoms with Gasteiger partial charge in [0.15, 0.2) is 0 Å². The summed E-state index contributed by atoms with van der Waals surface area (Å²) < 4.78 is 0. The molecule has 0 aliphatic heterocycles. The van der Waals surface area contributed by atoms with Gasteiger partial charge in [-0.25, -0.2) is 0 Å². The van der Waals surface area contributed by atoms with Crippen molar-refractivity contribution in [3.05, 3.63) is 81.9 Å². The van der Waals surface area contributed by atoms with E-state index >= 15 is 0 Å². The Balaban J connectivity index is 1.78. The molecule has 0 fully saturated rings. The van der Waals surface area contributed by atoms with Gasteiger partial charge in [0, 0.05) is 5.41 Å². The highest BCUT2D eigenvalue weighted by Gasteiger charge is 2.42. The van der Waals surface area contributed by atoms with Gasteiger partial charge >= 0.3 is 0 Å². The highest BCUT2D eigenvalue weighted by atomic mass is 14.4. The standard InChI is InChI=1S/C38H53B/c1-8-10-12-14-16-22-38(23-17-15-13-11-9-2)35-26-28(3)18-20-33(35)34-21-19-32(27-36(34)38)39(7)37-30(5)24-29(4)25-31(37)6/h18-21,24-27H,8-17,22-23H2,1-7H3.